The van der Waals surface area contributed by atoms with Crippen LogP contribution in [0.15, 0.2) is 23.8 Å². The molecule has 0 N–H and O–H groups in total. The summed E-state index contributed by atoms with van der Waals surface area (Å²) in [6.07, 6.45) is 5.90. The van der Waals surface area contributed by atoms with E-state index in [4.69, 9.17) is 0 Å². The van der Waals surface area contributed by atoms with Gasteiger partial charge in [-0.1, -0.05) is 6.92 Å². The van der Waals surface area contributed by atoms with Gasteiger partial charge in [0.2, 0.25) is 0 Å². The molecule has 1 aliphatic heterocycles. The molecule has 2 aromatic heterocycles. The molecule has 2 aromatic rings. The average molecular weight is 231 g/mol. The van der Waals surface area contributed by atoms with E-state index in [-0.39, 0.29) is 0 Å². The fourth-order valence-corrected chi connectivity index (χ4v) is 2.96. The van der Waals surface area contributed by atoms with E-state index in [2.05, 4.69) is 33.2 Å². The maximum atomic E-state index is 4.63. The molecule has 16 heavy (non-hydrogen) atoms. The monoisotopic (exact) mass is 231 g/mol. The molecule has 0 aromatic carbocycles. The predicted octanol–water partition coefficient (Wildman–Crippen LogP) is 2.79. The molecule has 0 unspecified atom stereocenters. The Morgan fingerprint density at radius 2 is 2.44 bits per heavy atom. The fraction of sp³-hybridized carbons (Fsp3) is 0.333. The quantitative estimate of drug-likeness (QED) is 0.795. The summed E-state index contributed by atoms with van der Waals surface area (Å²) in [6, 6.07) is 2.08. The lowest BCUT2D eigenvalue weighted by atomic mass is 10.2. The first-order chi connectivity index (χ1) is 7.88. The summed E-state index contributed by atoms with van der Waals surface area (Å²) in [5, 5.41) is 3.26. The zero-order chi connectivity index (χ0) is 11.0. The number of rotatable bonds is 2. The van der Waals surface area contributed by atoms with Crippen molar-refractivity contribution in [2.24, 2.45) is 0 Å². The van der Waals surface area contributed by atoms with E-state index in [1.54, 1.807) is 11.3 Å². The molecule has 0 aliphatic carbocycles. The Morgan fingerprint density at radius 1 is 1.50 bits per heavy atom. The Bertz CT molecular complexity index is 506. The minimum absolute atomic E-state index is 1.01. The number of thiazole rings is 1. The first-order valence-electron chi connectivity index (χ1n) is 5.53. The van der Waals surface area contributed by atoms with Gasteiger partial charge >= 0.3 is 0 Å². The van der Waals surface area contributed by atoms with Gasteiger partial charge in [-0.05, 0) is 24.5 Å². The van der Waals surface area contributed by atoms with Crippen LogP contribution in [0.4, 0.5) is 10.8 Å². The van der Waals surface area contributed by atoms with Crippen LogP contribution in [0.2, 0.25) is 0 Å². The number of hydrogen-bond acceptors (Lipinski definition) is 4. The van der Waals surface area contributed by atoms with Crippen LogP contribution in [0.25, 0.3) is 0 Å². The van der Waals surface area contributed by atoms with Gasteiger partial charge in [0.25, 0.3) is 0 Å². The third-order valence-corrected chi connectivity index (χ3v) is 3.82. The van der Waals surface area contributed by atoms with Gasteiger partial charge in [0, 0.05) is 30.0 Å². The maximum Gasteiger partial charge on any atom is 0.190 e. The van der Waals surface area contributed by atoms with Crippen LogP contribution in [0, 0.1) is 0 Å². The minimum atomic E-state index is 1.01. The molecule has 0 bridgehead atoms. The van der Waals surface area contributed by atoms with Crippen LogP contribution < -0.4 is 4.90 Å². The van der Waals surface area contributed by atoms with Crippen molar-refractivity contribution in [3.8, 4) is 0 Å². The van der Waals surface area contributed by atoms with Crippen molar-refractivity contribution in [1.29, 1.82) is 0 Å². The summed E-state index contributed by atoms with van der Waals surface area (Å²) in [5.74, 6) is 0. The van der Waals surface area contributed by atoms with Gasteiger partial charge in [0.15, 0.2) is 5.13 Å². The van der Waals surface area contributed by atoms with E-state index in [1.807, 2.05) is 12.4 Å². The van der Waals surface area contributed by atoms with Gasteiger partial charge in [0.05, 0.1) is 5.69 Å². The molecule has 82 valence electrons. The lowest BCUT2D eigenvalue weighted by Crippen LogP contribution is -2.12. The molecule has 0 atom stereocenters. The van der Waals surface area contributed by atoms with Crippen molar-refractivity contribution in [2.75, 3.05) is 11.4 Å². The van der Waals surface area contributed by atoms with Crippen LogP contribution in [0.1, 0.15) is 18.2 Å². The predicted molar refractivity (Wildman–Crippen MR) is 66.4 cm³/mol. The highest BCUT2D eigenvalue weighted by Gasteiger charge is 2.22. The molecular weight excluding hydrogens is 218 g/mol. The van der Waals surface area contributed by atoms with Crippen molar-refractivity contribution >= 4 is 22.2 Å². The SMILES string of the molecule is CCc1csc(N2CCc3cnccc32)n1. The van der Waals surface area contributed by atoms with Crippen LogP contribution >= 0.6 is 11.3 Å². The lowest BCUT2D eigenvalue weighted by Gasteiger charge is -2.14. The largest absolute Gasteiger partial charge is 0.317 e. The molecule has 0 saturated heterocycles. The van der Waals surface area contributed by atoms with E-state index in [0.29, 0.717) is 0 Å². The molecule has 3 heterocycles. The normalized spacial score (nSPS) is 14.2. The van der Waals surface area contributed by atoms with Crippen LogP contribution in [0.5, 0.6) is 0 Å². The maximum absolute atomic E-state index is 4.63. The number of aromatic nitrogens is 2. The summed E-state index contributed by atoms with van der Waals surface area (Å²) in [6.45, 7) is 3.17. The third-order valence-electron chi connectivity index (χ3n) is 2.91. The molecule has 0 spiro atoms. The number of aryl methyl sites for hydroxylation is 1. The van der Waals surface area contributed by atoms with Gasteiger partial charge in [-0.15, -0.1) is 11.3 Å². The molecule has 0 saturated carbocycles. The molecule has 0 fully saturated rings. The number of hydrogen-bond donors (Lipinski definition) is 0. The van der Waals surface area contributed by atoms with E-state index in [9.17, 15) is 0 Å². The molecule has 3 nitrogen and oxygen atoms in total. The Kier molecular flexibility index (Phi) is 2.36. The highest BCUT2D eigenvalue weighted by atomic mass is 32.1. The minimum Gasteiger partial charge on any atom is -0.317 e. The van der Waals surface area contributed by atoms with E-state index < -0.39 is 0 Å². The first kappa shape index (κ1) is 9.78. The molecule has 0 amide bonds. The molecule has 4 heteroatoms. The lowest BCUT2D eigenvalue weighted by molar-refractivity contribution is 0.971. The molecule has 1 aliphatic rings. The second-order valence-corrected chi connectivity index (χ2v) is 4.72. The van der Waals surface area contributed by atoms with Crippen molar-refractivity contribution < 1.29 is 0 Å². The van der Waals surface area contributed by atoms with E-state index in [0.717, 1.165) is 24.5 Å². The van der Waals surface area contributed by atoms with Gasteiger partial charge in [-0.2, -0.15) is 0 Å². The highest BCUT2D eigenvalue weighted by Crippen LogP contribution is 2.35. The van der Waals surface area contributed by atoms with Gasteiger partial charge in [-0.25, -0.2) is 4.98 Å². The summed E-state index contributed by atoms with van der Waals surface area (Å²) >= 11 is 1.73. The first-order valence-corrected chi connectivity index (χ1v) is 6.41. The Hall–Kier alpha value is -1.42. The summed E-state index contributed by atoms with van der Waals surface area (Å²) in [7, 11) is 0. The molecule has 3 rings (SSSR count). The third kappa shape index (κ3) is 1.50. The topological polar surface area (TPSA) is 29.0 Å². The van der Waals surface area contributed by atoms with Crippen molar-refractivity contribution in [2.45, 2.75) is 19.8 Å². The zero-order valence-electron chi connectivity index (χ0n) is 9.18. The smallest absolute Gasteiger partial charge is 0.190 e. The van der Waals surface area contributed by atoms with Gasteiger partial charge in [-0.3, -0.25) is 4.98 Å². The molecule has 0 radical (unpaired) electrons. The number of pyridine rings is 1. The average Bonchev–Trinajstić information content (AvgIpc) is 2.94. The van der Waals surface area contributed by atoms with Gasteiger partial charge < -0.3 is 4.90 Å². The van der Waals surface area contributed by atoms with Crippen LogP contribution in [0.3, 0.4) is 0 Å². The molecular formula is C12H13N3S. The number of anilines is 2. The van der Waals surface area contributed by atoms with E-state index >= 15 is 0 Å². The highest BCUT2D eigenvalue weighted by molar-refractivity contribution is 7.13. The second-order valence-electron chi connectivity index (χ2n) is 3.88. The van der Waals surface area contributed by atoms with Crippen molar-refractivity contribution in [3.05, 3.63) is 35.1 Å². The number of fused-ring (bicyclic) bond motifs is 1. The summed E-state index contributed by atoms with van der Waals surface area (Å²) in [5.41, 5.74) is 3.78. The fourth-order valence-electron chi connectivity index (χ4n) is 2.01. The Balaban J connectivity index is 1.98. The Morgan fingerprint density at radius 3 is 3.25 bits per heavy atom. The van der Waals surface area contributed by atoms with Crippen molar-refractivity contribution in [1.82, 2.24) is 9.97 Å². The Labute approximate surface area is 98.8 Å². The van der Waals surface area contributed by atoms with Crippen LogP contribution in [-0.4, -0.2) is 16.5 Å². The second kappa shape index (κ2) is 3.87. The summed E-state index contributed by atoms with van der Waals surface area (Å²) < 4.78 is 0. The van der Waals surface area contributed by atoms with Crippen molar-refractivity contribution in [3.63, 3.8) is 0 Å². The van der Waals surface area contributed by atoms with Crippen LogP contribution in [-0.2, 0) is 12.8 Å². The number of nitrogens with zero attached hydrogens (tertiary/aromatic N) is 3. The van der Waals surface area contributed by atoms with E-state index in [1.165, 1.54) is 16.9 Å². The van der Waals surface area contributed by atoms with Gasteiger partial charge in [0.1, 0.15) is 0 Å². The standard InChI is InChI=1S/C12H13N3S/c1-2-10-8-16-12(14-10)15-6-4-9-7-13-5-3-11(9)15/h3,5,7-8H,2,4,6H2,1H3. The summed E-state index contributed by atoms with van der Waals surface area (Å²) in [4.78, 5) is 11.1. The zero-order valence-corrected chi connectivity index (χ0v) is 10.00.